The van der Waals surface area contributed by atoms with Crippen molar-refractivity contribution in [3.8, 4) is 0 Å². The molecular formula is C16H14ClN3O4. The number of carbonyl (C=O) groups excluding carboxylic acids is 3. The predicted octanol–water partition coefficient (Wildman–Crippen LogP) is 1.89. The van der Waals surface area contributed by atoms with Crippen LogP contribution < -0.4 is 10.6 Å². The molecule has 7 nitrogen and oxygen atoms in total. The standard InChI is InChI=1S/C16H14ClN3O4/c1-18-15(22)10-3-2-4-12(7-10)20-14(21)9-24-16(23)13-8-11(17)5-6-19-13/h2-8H,9H2,1H3,(H,18,22)(H,20,21). The molecule has 0 aliphatic rings. The third kappa shape index (κ3) is 4.79. The van der Waals surface area contributed by atoms with Crippen molar-refractivity contribution in [2.24, 2.45) is 0 Å². The van der Waals surface area contributed by atoms with E-state index in [-0.39, 0.29) is 11.6 Å². The number of halogens is 1. The summed E-state index contributed by atoms with van der Waals surface area (Å²) in [5, 5.41) is 5.36. The summed E-state index contributed by atoms with van der Waals surface area (Å²) in [7, 11) is 1.51. The number of aromatic nitrogens is 1. The van der Waals surface area contributed by atoms with Gasteiger partial charge in [-0.3, -0.25) is 9.59 Å². The molecule has 0 atom stereocenters. The summed E-state index contributed by atoms with van der Waals surface area (Å²) in [6, 6.07) is 9.22. The number of amides is 2. The number of benzene rings is 1. The zero-order valence-corrected chi connectivity index (χ0v) is 13.5. The van der Waals surface area contributed by atoms with E-state index in [0.29, 0.717) is 16.3 Å². The van der Waals surface area contributed by atoms with Crippen molar-refractivity contribution in [3.63, 3.8) is 0 Å². The van der Waals surface area contributed by atoms with Crippen LogP contribution in [0, 0.1) is 0 Å². The number of nitrogens with zero attached hydrogens (tertiary/aromatic N) is 1. The molecule has 0 saturated heterocycles. The molecule has 1 aromatic carbocycles. The zero-order chi connectivity index (χ0) is 17.5. The van der Waals surface area contributed by atoms with Crippen LogP contribution in [-0.2, 0) is 9.53 Å². The molecule has 0 fully saturated rings. The van der Waals surface area contributed by atoms with E-state index in [2.05, 4.69) is 15.6 Å². The van der Waals surface area contributed by atoms with Crippen LogP contribution in [0.25, 0.3) is 0 Å². The number of carbonyl (C=O) groups is 3. The van der Waals surface area contributed by atoms with Crippen LogP contribution in [-0.4, -0.2) is 36.4 Å². The normalized spacial score (nSPS) is 9.92. The summed E-state index contributed by atoms with van der Waals surface area (Å²) >= 11 is 5.75. The Labute approximate surface area is 143 Å². The molecule has 24 heavy (non-hydrogen) atoms. The van der Waals surface area contributed by atoms with Gasteiger partial charge in [0.05, 0.1) is 0 Å². The van der Waals surface area contributed by atoms with Gasteiger partial charge in [0.15, 0.2) is 6.61 Å². The number of hydrogen-bond donors (Lipinski definition) is 2. The number of ether oxygens (including phenoxy) is 1. The van der Waals surface area contributed by atoms with Crippen LogP contribution in [0.3, 0.4) is 0 Å². The largest absolute Gasteiger partial charge is 0.451 e. The average molecular weight is 348 g/mol. The highest BCUT2D eigenvalue weighted by atomic mass is 35.5. The first-order valence-electron chi connectivity index (χ1n) is 6.90. The van der Waals surface area contributed by atoms with Gasteiger partial charge in [-0.2, -0.15) is 0 Å². The molecule has 0 saturated carbocycles. The van der Waals surface area contributed by atoms with E-state index >= 15 is 0 Å². The zero-order valence-electron chi connectivity index (χ0n) is 12.7. The first kappa shape index (κ1) is 17.4. The van der Waals surface area contributed by atoms with E-state index < -0.39 is 18.5 Å². The van der Waals surface area contributed by atoms with Crippen molar-refractivity contribution in [2.75, 3.05) is 19.0 Å². The van der Waals surface area contributed by atoms with E-state index in [4.69, 9.17) is 16.3 Å². The molecule has 2 rings (SSSR count). The van der Waals surface area contributed by atoms with Gasteiger partial charge in [0, 0.05) is 29.5 Å². The summed E-state index contributed by atoms with van der Waals surface area (Å²) in [6.45, 7) is -0.489. The van der Waals surface area contributed by atoms with E-state index in [0.717, 1.165) is 0 Å². The van der Waals surface area contributed by atoms with Crippen LogP contribution in [0.1, 0.15) is 20.8 Å². The molecule has 0 radical (unpaired) electrons. The molecule has 124 valence electrons. The van der Waals surface area contributed by atoms with Crippen molar-refractivity contribution in [1.82, 2.24) is 10.3 Å². The molecule has 8 heteroatoms. The highest BCUT2D eigenvalue weighted by Crippen LogP contribution is 2.11. The Kier molecular flexibility index (Phi) is 5.86. The molecule has 1 aromatic heterocycles. The van der Waals surface area contributed by atoms with Crippen LogP contribution >= 0.6 is 11.6 Å². The van der Waals surface area contributed by atoms with Crippen molar-refractivity contribution in [2.45, 2.75) is 0 Å². The topological polar surface area (TPSA) is 97.4 Å². The maximum atomic E-state index is 11.8. The number of anilines is 1. The Morgan fingerprint density at radius 2 is 2.00 bits per heavy atom. The molecule has 0 bridgehead atoms. The fourth-order valence-electron chi connectivity index (χ4n) is 1.80. The summed E-state index contributed by atoms with van der Waals surface area (Å²) in [6.07, 6.45) is 1.36. The van der Waals surface area contributed by atoms with E-state index in [1.54, 1.807) is 18.2 Å². The Balaban J connectivity index is 1.92. The number of hydrogen-bond acceptors (Lipinski definition) is 5. The lowest BCUT2D eigenvalue weighted by atomic mass is 10.2. The van der Waals surface area contributed by atoms with Crippen molar-refractivity contribution in [1.29, 1.82) is 0 Å². The van der Waals surface area contributed by atoms with Gasteiger partial charge in [-0.15, -0.1) is 0 Å². The summed E-state index contributed by atoms with van der Waals surface area (Å²) in [5.74, 6) is -1.57. The third-order valence-corrected chi connectivity index (χ3v) is 3.14. The lowest BCUT2D eigenvalue weighted by molar-refractivity contribution is -0.119. The Morgan fingerprint density at radius 3 is 2.71 bits per heavy atom. The fraction of sp³-hybridized carbons (Fsp3) is 0.125. The molecule has 2 aromatic rings. The fourth-order valence-corrected chi connectivity index (χ4v) is 1.96. The van der Waals surface area contributed by atoms with Crippen LogP contribution in [0.4, 0.5) is 5.69 Å². The van der Waals surface area contributed by atoms with E-state index in [1.807, 2.05) is 0 Å². The molecule has 0 spiro atoms. The van der Waals surface area contributed by atoms with Crippen molar-refractivity contribution >= 4 is 35.1 Å². The molecule has 0 aliphatic carbocycles. The molecular weight excluding hydrogens is 334 g/mol. The van der Waals surface area contributed by atoms with Crippen LogP contribution in [0.15, 0.2) is 42.6 Å². The minimum atomic E-state index is -0.758. The van der Waals surface area contributed by atoms with Crippen molar-refractivity contribution < 1.29 is 19.1 Å². The van der Waals surface area contributed by atoms with Gasteiger partial charge in [-0.1, -0.05) is 17.7 Å². The van der Waals surface area contributed by atoms with Gasteiger partial charge < -0.3 is 15.4 Å². The van der Waals surface area contributed by atoms with Gasteiger partial charge in [0.1, 0.15) is 5.69 Å². The van der Waals surface area contributed by atoms with Gasteiger partial charge in [0.2, 0.25) is 0 Å². The summed E-state index contributed by atoms with van der Waals surface area (Å²) < 4.78 is 4.86. The van der Waals surface area contributed by atoms with Gasteiger partial charge in [-0.05, 0) is 30.3 Å². The van der Waals surface area contributed by atoms with E-state index in [1.165, 1.54) is 31.4 Å². The number of nitrogens with one attached hydrogen (secondary N) is 2. The summed E-state index contributed by atoms with van der Waals surface area (Å²) in [4.78, 5) is 38.9. The monoisotopic (exact) mass is 347 g/mol. The van der Waals surface area contributed by atoms with Gasteiger partial charge in [-0.25, -0.2) is 9.78 Å². The Morgan fingerprint density at radius 1 is 1.21 bits per heavy atom. The quantitative estimate of drug-likeness (QED) is 0.805. The Bertz CT molecular complexity index is 779. The minimum Gasteiger partial charge on any atom is -0.451 e. The molecule has 2 amide bonds. The van der Waals surface area contributed by atoms with Crippen molar-refractivity contribution in [3.05, 3.63) is 58.9 Å². The van der Waals surface area contributed by atoms with Crippen LogP contribution in [0.2, 0.25) is 5.02 Å². The van der Waals surface area contributed by atoms with Gasteiger partial charge >= 0.3 is 5.97 Å². The molecule has 2 N–H and O–H groups in total. The second-order valence-electron chi connectivity index (χ2n) is 4.64. The molecule has 0 aliphatic heterocycles. The lowest BCUT2D eigenvalue weighted by Gasteiger charge is -2.08. The molecule has 0 unspecified atom stereocenters. The molecule has 1 heterocycles. The Hall–Kier alpha value is -2.93. The second-order valence-corrected chi connectivity index (χ2v) is 5.08. The van der Waals surface area contributed by atoms with Crippen LogP contribution in [0.5, 0.6) is 0 Å². The highest BCUT2D eigenvalue weighted by Gasteiger charge is 2.12. The smallest absolute Gasteiger partial charge is 0.357 e. The minimum absolute atomic E-state index is 0.0110. The lowest BCUT2D eigenvalue weighted by Crippen LogP contribution is -2.22. The highest BCUT2D eigenvalue weighted by molar-refractivity contribution is 6.30. The number of pyridine rings is 1. The van der Waals surface area contributed by atoms with Gasteiger partial charge in [0.25, 0.3) is 11.8 Å². The predicted molar refractivity (Wildman–Crippen MR) is 88.0 cm³/mol. The first-order chi connectivity index (χ1) is 11.5. The maximum absolute atomic E-state index is 11.8. The maximum Gasteiger partial charge on any atom is 0.357 e. The second kappa shape index (κ2) is 8.07. The third-order valence-electron chi connectivity index (χ3n) is 2.90. The summed E-state index contributed by atoms with van der Waals surface area (Å²) in [5.41, 5.74) is 0.824. The van der Waals surface area contributed by atoms with E-state index in [9.17, 15) is 14.4 Å². The first-order valence-corrected chi connectivity index (χ1v) is 7.28. The average Bonchev–Trinajstić information content (AvgIpc) is 2.59. The number of esters is 1. The SMILES string of the molecule is CNC(=O)c1cccc(NC(=O)COC(=O)c2cc(Cl)ccn2)c1. The number of rotatable bonds is 5.